The molecule has 0 heterocycles. The fraction of sp³-hybridized carbons (Fsp3) is 0.909. The summed E-state index contributed by atoms with van der Waals surface area (Å²) in [5.41, 5.74) is 0. The minimum Gasteiger partial charge on any atom is -0.387 e. The Kier molecular flexibility index (Phi) is 7.77. The lowest BCUT2D eigenvalue weighted by molar-refractivity contribution is -0.330. The second-order valence-corrected chi connectivity index (χ2v) is 15.3. The number of halogens is 2. The van der Waals surface area contributed by atoms with Crippen LogP contribution in [0.4, 0.5) is 8.78 Å². The number of aliphatic hydroxyl groups excluding tert-OH is 1. The lowest BCUT2D eigenvalue weighted by Gasteiger charge is -2.29. The van der Waals surface area contributed by atoms with Gasteiger partial charge in [-0.1, -0.05) is 0 Å². The SMILES string of the molecule is C[Si](C)(C)OOC[C@@H](O)[C@@H](OO[Si](C)(C)C)C(F)(F)C=O. The summed E-state index contributed by atoms with van der Waals surface area (Å²) >= 11 is 0. The summed E-state index contributed by atoms with van der Waals surface area (Å²) in [5.74, 6) is -3.90. The van der Waals surface area contributed by atoms with Crippen molar-refractivity contribution in [2.24, 2.45) is 0 Å². The van der Waals surface area contributed by atoms with Gasteiger partial charge in [-0.2, -0.15) is 8.78 Å². The number of rotatable bonds is 10. The molecule has 6 nitrogen and oxygen atoms in total. The van der Waals surface area contributed by atoms with Crippen molar-refractivity contribution in [1.29, 1.82) is 0 Å². The largest absolute Gasteiger partial charge is 0.387 e. The molecule has 0 aliphatic carbocycles. The van der Waals surface area contributed by atoms with Gasteiger partial charge in [-0.15, -0.1) is 0 Å². The van der Waals surface area contributed by atoms with E-state index >= 15 is 0 Å². The molecule has 0 aromatic heterocycles. The van der Waals surface area contributed by atoms with Crippen molar-refractivity contribution in [3.8, 4) is 0 Å². The maximum atomic E-state index is 13.5. The van der Waals surface area contributed by atoms with Crippen molar-refractivity contribution in [2.45, 2.75) is 57.4 Å². The van der Waals surface area contributed by atoms with Gasteiger partial charge in [0.1, 0.15) is 12.7 Å². The van der Waals surface area contributed by atoms with E-state index in [2.05, 4.69) is 4.89 Å². The van der Waals surface area contributed by atoms with E-state index in [1.165, 1.54) is 0 Å². The summed E-state index contributed by atoms with van der Waals surface area (Å²) in [7, 11) is -4.28. The van der Waals surface area contributed by atoms with Crippen molar-refractivity contribution in [3.63, 3.8) is 0 Å². The van der Waals surface area contributed by atoms with Crippen LogP contribution in [-0.4, -0.2) is 52.8 Å². The van der Waals surface area contributed by atoms with Crippen LogP contribution in [0.1, 0.15) is 0 Å². The van der Waals surface area contributed by atoms with Crippen LogP contribution in [0, 0.1) is 0 Å². The highest BCUT2D eigenvalue weighted by Crippen LogP contribution is 2.24. The monoisotopic (exact) mass is 346 g/mol. The third-order valence-electron chi connectivity index (χ3n) is 1.84. The smallest absolute Gasteiger partial charge is 0.333 e. The van der Waals surface area contributed by atoms with E-state index in [1.54, 1.807) is 19.6 Å². The Hall–Kier alpha value is -0.236. The van der Waals surface area contributed by atoms with Gasteiger partial charge < -0.3 is 5.11 Å². The number of hydrogen-bond donors (Lipinski definition) is 1. The van der Waals surface area contributed by atoms with Gasteiger partial charge in [0.05, 0.1) is 0 Å². The molecule has 0 amide bonds. The van der Waals surface area contributed by atoms with Crippen LogP contribution in [0.5, 0.6) is 0 Å². The van der Waals surface area contributed by atoms with Crippen LogP contribution in [0.3, 0.4) is 0 Å². The third-order valence-corrected chi connectivity index (χ3v) is 3.05. The zero-order valence-electron chi connectivity index (χ0n) is 13.2. The van der Waals surface area contributed by atoms with E-state index in [9.17, 15) is 18.7 Å². The van der Waals surface area contributed by atoms with Crippen molar-refractivity contribution in [2.75, 3.05) is 6.61 Å². The number of aliphatic hydroxyl groups is 1. The molecule has 0 spiro atoms. The van der Waals surface area contributed by atoms with Crippen molar-refractivity contribution < 1.29 is 37.6 Å². The molecule has 0 rings (SSSR count). The van der Waals surface area contributed by atoms with Crippen LogP contribution in [0.15, 0.2) is 0 Å². The fourth-order valence-corrected chi connectivity index (χ4v) is 1.83. The van der Waals surface area contributed by atoms with E-state index < -0.39 is 47.7 Å². The predicted octanol–water partition coefficient (Wildman–Crippen LogP) is 2.12. The molecule has 0 bridgehead atoms. The summed E-state index contributed by atoms with van der Waals surface area (Å²) in [5, 5.41) is 9.75. The quantitative estimate of drug-likeness (QED) is 0.283. The Balaban J connectivity index is 4.68. The second kappa shape index (κ2) is 7.85. The van der Waals surface area contributed by atoms with Gasteiger partial charge in [-0.05, 0) is 39.3 Å². The minimum absolute atomic E-state index is 0.562. The maximum absolute atomic E-state index is 13.5. The molecule has 0 aromatic rings. The number of hydrogen-bond acceptors (Lipinski definition) is 6. The lowest BCUT2D eigenvalue weighted by Crippen LogP contribution is -2.49. The summed E-state index contributed by atoms with van der Waals surface area (Å²) in [6, 6.07) is 0. The van der Waals surface area contributed by atoms with E-state index in [0.717, 1.165) is 0 Å². The average Bonchev–Trinajstić information content (AvgIpc) is 2.25. The molecule has 126 valence electrons. The van der Waals surface area contributed by atoms with Crippen LogP contribution in [0.25, 0.3) is 0 Å². The van der Waals surface area contributed by atoms with Gasteiger partial charge in [0.15, 0.2) is 12.4 Å². The first-order valence-corrected chi connectivity index (χ1v) is 13.3. The molecule has 2 atom stereocenters. The van der Waals surface area contributed by atoms with Gasteiger partial charge >= 0.3 is 5.92 Å². The molecule has 0 aliphatic heterocycles. The van der Waals surface area contributed by atoms with Gasteiger partial charge in [0.25, 0.3) is 0 Å². The Morgan fingerprint density at radius 1 is 1.10 bits per heavy atom. The van der Waals surface area contributed by atoms with E-state index in [0.29, 0.717) is 0 Å². The highest BCUT2D eigenvalue weighted by molar-refractivity contribution is 6.69. The zero-order chi connectivity index (χ0) is 16.9. The first-order valence-electron chi connectivity index (χ1n) is 6.46. The second-order valence-electron chi connectivity index (χ2n) is 6.55. The molecular formula is C11H24F2O6Si2. The van der Waals surface area contributed by atoms with E-state index in [-0.39, 0.29) is 0 Å². The summed E-state index contributed by atoms with van der Waals surface area (Å²) < 4.78 is 36.9. The van der Waals surface area contributed by atoms with E-state index in [1.807, 2.05) is 19.6 Å². The number of carbonyl (C=O) groups is 1. The first-order chi connectivity index (χ1) is 9.28. The molecule has 0 fully saturated rings. The topological polar surface area (TPSA) is 74.2 Å². The average molecular weight is 346 g/mol. The van der Waals surface area contributed by atoms with Crippen molar-refractivity contribution >= 4 is 22.9 Å². The van der Waals surface area contributed by atoms with Crippen molar-refractivity contribution in [1.82, 2.24) is 0 Å². The highest BCUT2D eigenvalue weighted by Gasteiger charge is 2.47. The Morgan fingerprint density at radius 3 is 1.95 bits per heavy atom. The van der Waals surface area contributed by atoms with Crippen molar-refractivity contribution in [3.05, 3.63) is 0 Å². The Labute approximate surface area is 125 Å². The summed E-state index contributed by atoms with van der Waals surface area (Å²) in [6.07, 6.45) is -4.53. The molecule has 0 radical (unpaired) electrons. The Bertz CT molecular complexity index is 330. The molecule has 0 aromatic carbocycles. The fourth-order valence-electron chi connectivity index (χ4n) is 1.02. The van der Waals surface area contributed by atoms with Gasteiger partial charge in [0, 0.05) is 0 Å². The molecular weight excluding hydrogens is 322 g/mol. The summed E-state index contributed by atoms with van der Waals surface area (Å²) in [6.45, 7) is 10.0. The predicted molar refractivity (Wildman–Crippen MR) is 76.7 cm³/mol. The highest BCUT2D eigenvalue weighted by atomic mass is 28.4. The molecule has 0 saturated heterocycles. The maximum Gasteiger partial charge on any atom is 0.333 e. The number of aldehydes is 1. The molecule has 0 aliphatic rings. The first kappa shape index (κ1) is 20.8. The van der Waals surface area contributed by atoms with Crippen LogP contribution < -0.4 is 0 Å². The van der Waals surface area contributed by atoms with E-state index in [4.69, 9.17) is 14.0 Å². The van der Waals surface area contributed by atoms with Crippen LogP contribution in [-0.2, 0) is 23.7 Å². The Morgan fingerprint density at radius 2 is 1.57 bits per heavy atom. The number of alkyl halides is 2. The molecule has 0 saturated carbocycles. The van der Waals surface area contributed by atoms with Crippen LogP contribution >= 0.6 is 0 Å². The lowest BCUT2D eigenvalue weighted by atomic mass is 10.1. The zero-order valence-corrected chi connectivity index (χ0v) is 15.2. The molecule has 10 heteroatoms. The standard InChI is InChI=1S/C11H24F2O6Si2/c1-20(2,3)18-16-7-9(15)10(11(12,13)8-14)17-19-21(4,5)6/h8-10,15H,7H2,1-6H3/t9-,10-/m1/s1. The molecule has 21 heavy (non-hydrogen) atoms. The van der Waals surface area contributed by atoms with Gasteiger partial charge in [0.2, 0.25) is 16.6 Å². The summed E-state index contributed by atoms with van der Waals surface area (Å²) in [4.78, 5) is 19.8. The van der Waals surface area contributed by atoms with Gasteiger partial charge in [-0.25, -0.2) is 9.78 Å². The minimum atomic E-state index is -3.90. The number of carbonyl (C=O) groups excluding carboxylic acids is 1. The molecule has 1 N–H and O–H groups in total. The normalized spacial score (nSPS) is 16.6. The van der Waals surface area contributed by atoms with Gasteiger partial charge in [-0.3, -0.25) is 13.9 Å². The third kappa shape index (κ3) is 9.40. The molecule has 0 unspecified atom stereocenters. The van der Waals surface area contributed by atoms with Crippen LogP contribution in [0.2, 0.25) is 39.3 Å².